The lowest BCUT2D eigenvalue weighted by Crippen LogP contribution is -2.07. The summed E-state index contributed by atoms with van der Waals surface area (Å²) < 4.78 is 10.1. The molecule has 0 bridgehead atoms. The number of esters is 1. The SMILES string of the molecule is COC(=O)c1ccc(C(=O)Cc2cc(-c3ccsc3)ccc2OC)cc1. The van der Waals surface area contributed by atoms with Gasteiger partial charge in [0.15, 0.2) is 5.78 Å². The molecule has 0 aliphatic rings. The summed E-state index contributed by atoms with van der Waals surface area (Å²) in [5, 5.41) is 4.09. The van der Waals surface area contributed by atoms with E-state index in [0.29, 0.717) is 16.9 Å². The van der Waals surface area contributed by atoms with Crippen LogP contribution in [0.5, 0.6) is 5.75 Å². The smallest absolute Gasteiger partial charge is 0.337 e. The van der Waals surface area contributed by atoms with E-state index in [1.165, 1.54) is 7.11 Å². The molecule has 0 radical (unpaired) electrons. The number of ketones is 1. The Kier molecular flexibility index (Phi) is 5.49. The summed E-state index contributed by atoms with van der Waals surface area (Å²) in [6.07, 6.45) is 0.221. The van der Waals surface area contributed by atoms with Gasteiger partial charge in [-0.2, -0.15) is 11.3 Å². The molecular weight excluding hydrogens is 348 g/mol. The van der Waals surface area contributed by atoms with E-state index in [2.05, 4.69) is 10.1 Å². The average Bonchev–Trinajstić information content (AvgIpc) is 3.22. The van der Waals surface area contributed by atoms with Crippen LogP contribution in [0.1, 0.15) is 26.3 Å². The monoisotopic (exact) mass is 366 g/mol. The third-order valence-corrected chi connectivity index (χ3v) is 4.80. The van der Waals surface area contributed by atoms with Crippen molar-refractivity contribution in [2.45, 2.75) is 6.42 Å². The molecule has 0 spiro atoms. The fourth-order valence-electron chi connectivity index (χ4n) is 2.71. The van der Waals surface area contributed by atoms with Crippen LogP contribution in [0, 0.1) is 0 Å². The van der Waals surface area contributed by atoms with Crippen molar-refractivity contribution in [2.24, 2.45) is 0 Å². The third-order valence-electron chi connectivity index (χ3n) is 4.11. The van der Waals surface area contributed by atoms with Gasteiger partial charge in [0.05, 0.1) is 19.8 Å². The van der Waals surface area contributed by atoms with Gasteiger partial charge in [-0.1, -0.05) is 18.2 Å². The minimum absolute atomic E-state index is 0.0396. The number of rotatable bonds is 6. The summed E-state index contributed by atoms with van der Waals surface area (Å²) >= 11 is 1.63. The number of carbonyl (C=O) groups is 2. The number of benzene rings is 2. The lowest BCUT2D eigenvalue weighted by Gasteiger charge is -2.10. The highest BCUT2D eigenvalue weighted by Crippen LogP contribution is 2.29. The van der Waals surface area contributed by atoms with E-state index in [1.54, 1.807) is 42.7 Å². The molecule has 0 aliphatic heterocycles. The molecule has 0 N–H and O–H groups in total. The second-order valence-electron chi connectivity index (χ2n) is 5.71. The van der Waals surface area contributed by atoms with E-state index in [0.717, 1.165) is 16.7 Å². The molecule has 0 fully saturated rings. The molecule has 1 aromatic heterocycles. The second-order valence-corrected chi connectivity index (χ2v) is 6.49. The van der Waals surface area contributed by atoms with Gasteiger partial charge in [0.25, 0.3) is 0 Å². The van der Waals surface area contributed by atoms with E-state index in [-0.39, 0.29) is 12.2 Å². The van der Waals surface area contributed by atoms with Crippen molar-refractivity contribution in [2.75, 3.05) is 14.2 Å². The van der Waals surface area contributed by atoms with Gasteiger partial charge in [0.1, 0.15) is 5.75 Å². The number of hydrogen-bond donors (Lipinski definition) is 0. The number of carbonyl (C=O) groups excluding carboxylic acids is 2. The average molecular weight is 366 g/mol. The van der Waals surface area contributed by atoms with Crippen LogP contribution in [0.25, 0.3) is 11.1 Å². The van der Waals surface area contributed by atoms with Crippen molar-refractivity contribution in [3.63, 3.8) is 0 Å². The van der Waals surface area contributed by atoms with Crippen molar-refractivity contribution in [3.8, 4) is 16.9 Å². The van der Waals surface area contributed by atoms with E-state index >= 15 is 0 Å². The summed E-state index contributed by atoms with van der Waals surface area (Å²) in [5.74, 6) is 0.222. The fraction of sp³-hybridized carbons (Fsp3) is 0.143. The molecule has 0 saturated carbocycles. The first kappa shape index (κ1) is 17.9. The molecule has 2 aromatic carbocycles. The van der Waals surface area contributed by atoms with Crippen LogP contribution in [0.15, 0.2) is 59.3 Å². The summed E-state index contributed by atoms with van der Waals surface area (Å²) in [6, 6.07) is 14.4. The molecule has 4 nitrogen and oxygen atoms in total. The van der Waals surface area contributed by atoms with Crippen molar-refractivity contribution >= 4 is 23.1 Å². The largest absolute Gasteiger partial charge is 0.496 e. The zero-order valence-corrected chi connectivity index (χ0v) is 15.3. The molecule has 26 heavy (non-hydrogen) atoms. The maximum atomic E-state index is 12.7. The number of methoxy groups -OCH3 is 2. The molecule has 5 heteroatoms. The fourth-order valence-corrected chi connectivity index (χ4v) is 3.38. The highest BCUT2D eigenvalue weighted by molar-refractivity contribution is 7.08. The highest BCUT2D eigenvalue weighted by Gasteiger charge is 2.14. The Morgan fingerprint density at radius 2 is 1.65 bits per heavy atom. The first-order valence-electron chi connectivity index (χ1n) is 8.03. The predicted octanol–water partition coefficient (Wildman–Crippen LogP) is 4.64. The van der Waals surface area contributed by atoms with Gasteiger partial charge in [0.2, 0.25) is 0 Å². The Hall–Kier alpha value is -2.92. The first-order valence-corrected chi connectivity index (χ1v) is 8.97. The molecule has 0 atom stereocenters. The number of Topliss-reactive ketones (excluding diaryl/α,β-unsaturated/α-hetero) is 1. The van der Waals surface area contributed by atoms with Crippen molar-refractivity contribution < 1.29 is 19.1 Å². The van der Waals surface area contributed by atoms with E-state index in [1.807, 2.05) is 29.6 Å². The van der Waals surface area contributed by atoms with Gasteiger partial charge >= 0.3 is 5.97 Å². The van der Waals surface area contributed by atoms with Crippen LogP contribution in [-0.2, 0) is 11.2 Å². The third kappa shape index (κ3) is 3.83. The molecule has 1 heterocycles. The van der Waals surface area contributed by atoms with Crippen LogP contribution in [0.2, 0.25) is 0 Å². The van der Waals surface area contributed by atoms with Gasteiger partial charge in [-0.05, 0) is 52.2 Å². The summed E-state index contributed by atoms with van der Waals surface area (Å²) in [6.45, 7) is 0. The topological polar surface area (TPSA) is 52.6 Å². The molecule has 132 valence electrons. The Labute approximate surface area is 156 Å². The van der Waals surface area contributed by atoms with Gasteiger partial charge in [0, 0.05) is 17.5 Å². The van der Waals surface area contributed by atoms with Crippen molar-refractivity contribution in [3.05, 3.63) is 76.0 Å². The van der Waals surface area contributed by atoms with Crippen LogP contribution in [0.4, 0.5) is 0 Å². The quantitative estimate of drug-likeness (QED) is 0.471. The molecule has 0 aliphatic carbocycles. The van der Waals surface area contributed by atoms with E-state index in [9.17, 15) is 9.59 Å². The summed E-state index contributed by atoms with van der Waals surface area (Å²) in [5.41, 5.74) is 3.96. The van der Waals surface area contributed by atoms with E-state index < -0.39 is 5.97 Å². The zero-order valence-electron chi connectivity index (χ0n) is 14.5. The highest BCUT2D eigenvalue weighted by atomic mass is 32.1. The minimum Gasteiger partial charge on any atom is -0.496 e. The summed E-state index contributed by atoms with van der Waals surface area (Å²) in [4.78, 5) is 24.2. The van der Waals surface area contributed by atoms with Crippen LogP contribution >= 0.6 is 11.3 Å². The Morgan fingerprint density at radius 1 is 0.923 bits per heavy atom. The Bertz CT molecular complexity index is 912. The number of thiophene rings is 1. The molecule has 3 rings (SSSR count). The van der Waals surface area contributed by atoms with Crippen LogP contribution in [-0.4, -0.2) is 26.0 Å². The maximum absolute atomic E-state index is 12.7. The zero-order chi connectivity index (χ0) is 18.5. The maximum Gasteiger partial charge on any atom is 0.337 e. The Morgan fingerprint density at radius 3 is 2.27 bits per heavy atom. The summed E-state index contributed by atoms with van der Waals surface area (Å²) in [7, 11) is 2.92. The lowest BCUT2D eigenvalue weighted by molar-refractivity contribution is 0.0600. The van der Waals surface area contributed by atoms with Gasteiger partial charge in [-0.15, -0.1) is 0 Å². The Balaban J connectivity index is 1.84. The lowest BCUT2D eigenvalue weighted by atomic mass is 9.98. The van der Waals surface area contributed by atoms with Crippen LogP contribution in [0.3, 0.4) is 0 Å². The van der Waals surface area contributed by atoms with Gasteiger partial charge < -0.3 is 9.47 Å². The molecular formula is C21H18O4S. The van der Waals surface area contributed by atoms with Crippen molar-refractivity contribution in [1.82, 2.24) is 0 Å². The minimum atomic E-state index is -0.422. The van der Waals surface area contributed by atoms with E-state index in [4.69, 9.17) is 4.74 Å². The van der Waals surface area contributed by atoms with Gasteiger partial charge in [-0.25, -0.2) is 4.79 Å². The second kappa shape index (κ2) is 7.97. The normalized spacial score (nSPS) is 10.4. The van der Waals surface area contributed by atoms with Gasteiger partial charge in [-0.3, -0.25) is 4.79 Å². The molecule has 0 unspecified atom stereocenters. The molecule has 0 saturated heterocycles. The number of ether oxygens (including phenoxy) is 2. The first-order chi connectivity index (χ1) is 12.6. The predicted molar refractivity (Wildman–Crippen MR) is 102 cm³/mol. The van der Waals surface area contributed by atoms with Crippen LogP contribution < -0.4 is 4.74 Å². The number of hydrogen-bond acceptors (Lipinski definition) is 5. The molecule has 0 amide bonds. The standard InChI is InChI=1S/C21H18O4S/c1-24-20-8-7-16(17-9-10-26-13-17)11-18(20)12-19(22)14-3-5-15(6-4-14)21(23)25-2/h3-11,13H,12H2,1-2H3. The molecule has 3 aromatic rings. The van der Waals surface area contributed by atoms with Crippen molar-refractivity contribution in [1.29, 1.82) is 0 Å².